The molecule has 0 bridgehead atoms. The van der Waals surface area contributed by atoms with Gasteiger partial charge in [-0.3, -0.25) is 4.79 Å². The second-order valence-electron chi connectivity index (χ2n) is 3.82. The Balaban J connectivity index is 2.51. The van der Waals surface area contributed by atoms with E-state index in [1.165, 1.54) is 0 Å². The van der Waals surface area contributed by atoms with Crippen LogP contribution in [-0.4, -0.2) is 49.1 Å². The summed E-state index contributed by atoms with van der Waals surface area (Å²) >= 11 is 0. The van der Waals surface area contributed by atoms with Crippen LogP contribution in [-0.2, 0) is 0 Å². The van der Waals surface area contributed by atoms with E-state index in [4.69, 9.17) is 0 Å². The van der Waals surface area contributed by atoms with Gasteiger partial charge in [0.2, 0.25) is 0 Å². The van der Waals surface area contributed by atoms with Crippen LogP contribution in [0.25, 0.3) is 0 Å². The van der Waals surface area contributed by atoms with Crippen LogP contribution in [0.2, 0.25) is 0 Å². The first-order chi connectivity index (χ1) is 7.11. The van der Waals surface area contributed by atoms with E-state index in [0.717, 1.165) is 19.5 Å². The number of H-pyrrole nitrogens is 1. The molecule has 1 rings (SSSR count). The third-order valence-corrected chi connectivity index (χ3v) is 2.15. The number of aromatic amines is 1. The van der Waals surface area contributed by atoms with E-state index in [0.29, 0.717) is 5.82 Å². The van der Waals surface area contributed by atoms with Gasteiger partial charge in [-0.05, 0) is 27.1 Å². The Hall–Kier alpha value is -1.36. The first kappa shape index (κ1) is 11.7. The lowest BCUT2D eigenvalue weighted by molar-refractivity contribution is 0.401. The van der Waals surface area contributed by atoms with Gasteiger partial charge in [0.1, 0.15) is 0 Å². The van der Waals surface area contributed by atoms with Gasteiger partial charge in [-0.2, -0.15) is 0 Å². The minimum atomic E-state index is -0.134. The summed E-state index contributed by atoms with van der Waals surface area (Å²) in [6.07, 6.45) is 4.15. The maximum atomic E-state index is 11.4. The summed E-state index contributed by atoms with van der Waals surface area (Å²) < 4.78 is 0. The van der Waals surface area contributed by atoms with Crippen LogP contribution in [0.5, 0.6) is 0 Å². The van der Waals surface area contributed by atoms with Gasteiger partial charge in [-0.25, -0.2) is 4.98 Å². The number of nitrogens with zero attached hydrogens (tertiary/aromatic N) is 3. The van der Waals surface area contributed by atoms with E-state index >= 15 is 0 Å². The van der Waals surface area contributed by atoms with Gasteiger partial charge in [0.05, 0.1) is 0 Å². The van der Waals surface area contributed by atoms with Crippen molar-refractivity contribution in [3.63, 3.8) is 0 Å². The van der Waals surface area contributed by atoms with Gasteiger partial charge in [0.25, 0.3) is 5.56 Å². The molecule has 1 aromatic heterocycles. The molecule has 15 heavy (non-hydrogen) atoms. The Morgan fingerprint density at radius 3 is 2.67 bits per heavy atom. The fraction of sp³-hybridized carbons (Fsp3) is 0.600. The minimum absolute atomic E-state index is 0.134. The molecule has 1 heterocycles. The van der Waals surface area contributed by atoms with Crippen molar-refractivity contribution in [1.29, 1.82) is 0 Å². The zero-order valence-corrected chi connectivity index (χ0v) is 9.53. The van der Waals surface area contributed by atoms with E-state index in [9.17, 15) is 4.79 Å². The molecule has 0 unspecified atom stereocenters. The second-order valence-corrected chi connectivity index (χ2v) is 3.82. The summed E-state index contributed by atoms with van der Waals surface area (Å²) in [5, 5.41) is 0. The molecule has 0 amide bonds. The highest BCUT2D eigenvalue weighted by atomic mass is 16.1. The molecule has 5 nitrogen and oxygen atoms in total. The lowest BCUT2D eigenvalue weighted by atomic mass is 10.4. The highest BCUT2D eigenvalue weighted by molar-refractivity contribution is 5.33. The molecule has 0 atom stereocenters. The van der Waals surface area contributed by atoms with Crippen LogP contribution in [0.3, 0.4) is 0 Å². The molecule has 0 fully saturated rings. The van der Waals surface area contributed by atoms with Crippen molar-refractivity contribution >= 4 is 5.82 Å². The smallest absolute Gasteiger partial charge is 0.290 e. The molecule has 0 aliphatic heterocycles. The number of rotatable bonds is 5. The largest absolute Gasteiger partial charge is 0.355 e. The number of hydrogen-bond acceptors (Lipinski definition) is 4. The fourth-order valence-corrected chi connectivity index (χ4v) is 1.35. The average Bonchev–Trinajstić information content (AvgIpc) is 2.17. The Bertz CT molecular complexity index is 347. The lowest BCUT2D eigenvalue weighted by Gasteiger charge is -2.18. The van der Waals surface area contributed by atoms with E-state index in [2.05, 4.69) is 14.9 Å². The molecule has 0 spiro atoms. The molecule has 0 aliphatic carbocycles. The van der Waals surface area contributed by atoms with Crippen molar-refractivity contribution in [2.24, 2.45) is 0 Å². The van der Waals surface area contributed by atoms with Gasteiger partial charge in [0.15, 0.2) is 5.82 Å². The molecule has 1 aromatic rings. The van der Waals surface area contributed by atoms with Gasteiger partial charge in [0, 0.05) is 26.0 Å². The Morgan fingerprint density at radius 1 is 1.33 bits per heavy atom. The monoisotopic (exact) mass is 210 g/mol. The third-order valence-electron chi connectivity index (χ3n) is 2.15. The summed E-state index contributed by atoms with van der Waals surface area (Å²) in [6, 6.07) is 0. The van der Waals surface area contributed by atoms with Crippen LogP contribution in [0.1, 0.15) is 6.42 Å². The van der Waals surface area contributed by atoms with E-state index < -0.39 is 0 Å². The zero-order chi connectivity index (χ0) is 11.3. The van der Waals surface area contributed by atoms with Gasteiger partial charge in [-0.15, -0.1) is 0 Å². The van der Waals surface area contributed by atoms with Crippen LogP contribution in [0.15, 0.2) is 17.2 Å². The van der Waals surface area contributed by atoms with Crippen LogP contribution >= 0.6 is 0 Å². The summed E-state index contributed by atoms with van der Waals surface area (Å²) in [5.74, 6) is 0.483. The van der Waals surface area contributed by atoms with Crippen LogP contribution < -0.4 is 10.5 Å². The standard InChI is InChI=1S/C10H18N4O/c1-13(2)7-4-8-14(3)9-10(15)12-6-5-11-9/h5-6H,4,7-8H2,1-3H3,(H,12,15). The molecule has 0 aliphatic rings. The van der Waals surface area contributed by atoms with Gasteiger partial charge in [-0.1, -0.05) is 0 Å². The SMILES string of the molecule is CN(C)CCCN(C)c1ncc[nH]c1=O. The molecule has 0 saturated heterocycles. The van der Waals surface area contributed by atoms with Crippen molar-refractivity contribution in [3.8, 4) is 0 Å². The molecular weight excluding hydrogens is 192 g/mol. The van der Waals surface area contributed by atoms with Crippen molar-refractivity contribution < 1.29 is 0 Å². The molecular formula is C10H18N4O. The summed E-state index contributed by atoms with van der Waals surface area (Å²) in [7, 11) is 5.95. The van der Waals surface area contributed by atoms with Crippen LogP contribution in [0.4, 0.5) is 5.82 Å². The summed E-state index contributed by atoms with van der Waals surface area (Å²) in [5.41, 5.74) is -0.134. The maximum Gasteiger partial charge on any atom is 0.290 e. The topological polar surface area (TPSA) is 52.2 Å². The van der Waals surface area contributed by atoms with Gasteiger partial charge < -0.3 is 14.8 Å². The first-order valence-corrected chi connectivity index (χ1v) is 5.01. The number of nitrogens with one attached hydrogen (secondary N) is 1. The highest BCUT2D eigenvalue weighted by Crippen LogP contribution is 1.99. The third kappa shape index (κ3) is 3.71. The first-order valence-electron chi connectivity index (χ1n) is 5.01. The van der Waals surface area contributed by atoms with E-state index in [1.54, 1.807) is 12.4 Å². The lowest BCUT2D eigenvalue weighted by Crippen LogP contribution is -2.29. The zero-order valence-electron chi connectivity index (χ0n) is 9.53. The predicted molar refractivity (Wildman–Crippen MR) is 61.3 cm³/mol. The normalized spacial score (nSPS) is 10.7. The van der Waals surface area contributed by atoms with Crippen LogP contribution in [0, 0.1) is 0 Å². The van der Waals surface area contributed by atoms with E-state index in [-0.39, 0.29) is 5.56 Å². The number of aromatic nitrogens is 2. The highest BCUT2D eigenvalue weighted by Gasteiger charge is 2.05. The molecule has 1 N–H and O–H groups in total. The molecule has 0 aromatic carbocycles. The Kier molecular flexibility index (Phi) is 4.30. The number of anilines is 1. The van der Waals surface area contributed by atoms with Crippen molar-refractivity contribution in [1.82, 2.24) is 14.9 Å². The molecule has 84 valence electrons. The molecule has 5 heteroatoms. The van der Waals surface area contributed by atoms with Crippen molar-refractivity contribution in [2.45, 2.75) is 6.42 Å². The summed E-state index contributed by atoms with van der Waals surface area (Å²) in [6.45, 7) is 1.84. The maximum absolute atomic E-state index is 11.4. The fourth-order valence-electron chi connectivity index (χ4n) is 1.35. The van der Waals surface area contributed by atoms with Gasteiger partial charge >= 0.3 is 0 Å². The Labute approximate surface area is 89.7 Å². The van der Waals surface area contributed by atoms with Crippen molar-refractivity contribution in [2.75, 3.05) is 39.1 Å². The Morgan fingerprint density at radius 2 is 2.07 bits per heavy atom. The average molecular weight is 210 g/mol. The quantitative estimate of drug-likeness (QED) is 0.752. The summed E-state index contributed by atoms with van der Waals surface area (Å²) in [4.78, 5) is 22.0. The van der Waals surface area contributed by atoms with Crippen molar-refractivity contribution in [3.05, 3.63) is 22.7 Å². The van der Waals surface area contributed by atoms with E-state index in [1.807, 2.05) is 26.0 Å². The molecule has 0 saturated carbocycles. The number of hydrogen-bond donors (Lipinski definition) is 1. The molecule has 0 radical (unpaired) electrons. The predicted octanol–water partition coefficient (Wildman–Crippen LogP) is 0.158. The second kappa shape index (κ2) is 5.50. The minimum Gasteiger partial charge on any atom is -0.355 e.